The van der Waals surface area contributed by atoms with Gasteiger partial charge in [-0.05, 0) is 36.8 Å². The molecule has 1 heterocycles. The maximum atomic E-state index is 12.2. The molecule has 0 aliphatic rings. The van der Waals surface area contributed by atoms with E-state index in [0.717, 1.165) is 6.42 Å². The average molecular weight is 376 g/mol. The van der Waals surface area contributed by atoms with Crippen LogP contribution in [0.15, 0.2) is 45.6 Å². The Morgan fingerprint density at radius 2 is 1.88 bits per heavy atom. The number of carbonyl (C=O) groups is 1. The topological polar surface area (TPSA) is 85.5 Å². The molecule has 0 bridgehead atoms. The van der Waals surface area contributed by atoms with E-state index in [2.05, 4.69) is 10.6 Å². The van der Waals surface area contributed by atoms with Crippen LogP contribution in [0.3, 0.4) is 0 Å². The molecule has 0 unspecified atom stereocenters. The molecule has 1 aromatic heterocycles. The van der Waals surface area contributed by atoms with Crippen LogP contribution in [0.1, 0.15) is 13.3 Å². The molecule has 3 rings (SSSR count). The van der Waals surface area contributed by atoms with Crippen molar-refractivity contribution < 1.29 is 13.9 Å². The Balaban J connectivity index is 1.75. The number of halogens is 1. The van der Waals surface area contributed by atoms with E-state index in [1.165, 1.54) is 7.11 Å². The molecule has 0 atom stereocenters. The second kappa shape index (κ2) is 7.53. The van der Waals surface area contributed by atoms with Crippen LogP contribution in [0.25, 0.3) is 11.1 Å². The van der Waals surface area contributed by atoms with E-state index in [0.29, 0.717) is 39.8 Å². The largest absolute Gasteiger partial charge is 0.495 e. The number of carbonyl (C=O) groups excluding carboxylic acids is 1. The van der Waals surface area contributed by atoms with Gasteiger partial charge in [-0.25, -0.2) is 9.59 Å². The quantitative estimate of drug-likeness (QED) is 0.695. The number of anilines is 2. The van der Waals surface area contributed by atoms with E-state index < -0.39 is 11.8 Å². The summed E-state index contributed by atoms with van der Waals surface area (Å²) >= 11 is 6.04. The number of oxazole rings is 1. The zero-order chi connectivity index (χ0) is 18.7. The van der Waals surface area contributed by atoms with Gasteiger partial charge in [-0.15, -0.1) is 0 Å². The summed E-state index contributed by atoms with van der Waals surface area (Å²) < 4.78 is 11.9. The van der Waals surface area contributed by atoms with Gasteiger partial charge in [0.25, 0.3) is 0 Å². The van der Waals surface area contributed by atoms with Gasteiger partial charge >= 0.3 is 11.8 Å². The number of urea groups is 1. The van der Waals surface area contributed by atoms with E-state index >= 15 is 0 Å². The van der Waals surface area contributed by atoms with Crippen molar-refractivity contribution in [3.63, 3.8) is 0 Å². The standard InChI is InChI=1S/C18H18ClN3O4/c1-3-8-22-14-6-4-12(10-16(14)26-18(22)24)21-17(23)20-11-5-7-15(25-2)13(19)9-11/h4-7,9-10H,3,8H2,1-2H3,(H2,20,21,23). The zero-order valence-electron chi connectivity index (χ0n) is 14.3. The van der Waals surface area contributed by atoms with Crippen molar-refractivity contribution in [3.05, 3.63) is 52.0 Å². The number of fused-ring (bicyclic) bond motifs is 1. The summed E-state index contributed by atoms with van der Waals surface area (Å²) in [6.45, 7) is 2.56. The average Bonchev–Trinajstić information content (AvgIpc) is 2.90. The fraction of sp³-hybridized carbons (Fsp3) is 0.222. The number of rotatable bonds is 5. The lowest BCUT2D eigenvalue weighted by Gasteiger charge is -2.09. The highest BCUT2D eigenvalue weighted by atomic mass is 35.5. The molecule has 0 fully saturated rings. The Morgan fingerprint density at radius 1 is 1.19 bits per heavy atom. The smallest absolute Gasteiger partial charge is 0.419 e. The minimum Gasteiger partial charge on any atom is -0.495 e. The predicted octanol–water partition coefficient (Wildman–Crippen LogP) is 4.31. The highest BCUT2D eigenvalue weighted by Gasteiger charge is 2.11. The third kappa shape index (κ3) is 3.67. The van der Waals surface area contributed by atoms with Crippen molar-refractivity contribution >= 4 is 40.1 Å². The van der Waals surface area contributed by atoms with E-state index in [1.54, 1.807) is 41.0 Å². The van der Waals surface area contributed by atoms with E-state index in [9.17, 15) is 9.59 Å². The molecule has 2 amide bonds. The summed E-state index contributed by atoms with van der Waals surface area (Å²) in [4.78, 5) is 24.0. The van der Waals surface area contributed by atoms with Crippen molar-refractivity contribution in [3.8, 4) is 5.75 Å². The molecule has 136 valence electrons. The minimum atomic E-state index is -0.444. The van der Waals surface area contributed by atoms with Gasteiger partial charge < -0.3 is 19.8 Å². The van der Waals surface area contributed by atoms with Crippen LogP contribution >= 0.6 is 11.6 Å². The van der Waals surface area contributed by atoms with E-state index in [1.807, 2.05) is 6.92 Å². The van der Waals surface area contributed by atoms with Crippen LogP contribution in [-0.2, 0) is 6.54 Å². The van der Waals surface area contributed by atoms with Crippen LogP contribution in [0, 0.1) is 0 Å². The number of methoxy groups -OCH3 is 1. The SMILES string of the molecule is CCCn1c(=O)oc2cc(NC(=O)Nc3ccc(OC)c(Cl)c3)ccc21. The predicted molar refractivity (Wildman–Crippen MR) is 101 cm³/mol. The first-order valence-electron chi connectivity index (χ1n) is 8.06. The number of amides is 2. The second-order valence-electron chi connectivity index (χ2n) is 5.63. The molecular formula is C18H18ClN3O4. The number of hydrogen-bond acceptors (Lipinski definition) is 4. The van der Waals surface area contributed by atoms with Gasteiger partial charge in [0.15, 0.2) is 5.58 Å². The van der Waals surface area contributed by atoms with E-state index in [-0.39, 0.29) is 0 Å². The Labute approximate surface area is 154 Å². The number of nitrogens with one attached hydrogen (secondary N) is 2. The van der Waals surface area contributed by atoms with Gasteiger partial charge in [0.2, 0.25) is 0 Å². The van der Waals surface area contributed by atoms with Crippen molar-refractivity contribution in [2.45, 2.75) is 19.9 Å². The number of ether oxygens (including phenoxy) is 1. The lowest BCUT2D eigenvalue weighted by molar-refractivity contribution is 0.262. The van der Waals surface area contributed by atoms with Gasteiger partial charge in [0.1, 0.15) is 5.75 Å². The Kier molecular flexibility index (Phi) is 5.18. The molecule has 0 spiro atoms. The third-order valence-electron chi connectivity index (χ3n) is 3.78. The number of aryl methyl sites for hydroxylation is 1. The van der Waals surface area contributed by atoms with Crippen molar-refractivity contribution in [2.75, 3.05) is 17.7 Å². The highest BCUT2D eigenvalue weighted by Crippen LogP contribution is 2.27. The van der Waals surface area contributed by atoms with Gasteiger partial charge in [-0.3, -0.25) is 4.57 Å². The molecular weight excluding hydrogens is 358 g/mol. The van der Waals surface area contributed by atoms with Crippen LogP contribution in [0.2, 0.25) is 5.02 Å². The van der Waals surface area contributed by atoms with Crippen LogP contribution in [0.5, 0.6) is 5.75 Å². The minimum absolute atomic E-state index is 0.394. The highest BCUT2D eigenvalue weighted by molar-refractivity contribution is 6.32. The molecule has 0 aliphatic heterocycles. The fourth-order valence-corrected chi connectivity index (χ4v) is 2.87. The number of benzene rings is 2. The maximum absolute atomic E-state index is 12.2. The van der Waals surface area contributed by atoms with Crippen molar-refractivity contribution in [2.24, 2.45) is 0 Å². The maximum Gasteiger partial charge on any atom is 0.419 e. The first-order valence-corrected chi connectivity index (χ1v) is 8.44. The van der Waals surface area contributed by atoms with Gasteiger partial charge in [0, 0.05) is 24.0 Å². The Morgan fingerprint density at radius 3 is 2.54 bits per heavy atom. The zero-order valence-corrected chi connectivity index (χ0v) is 15.1. The summed E-state index contributed by atoms with van der Waals surface area (Å²) in [5, 5.41) is 5.77. The second-order valence-corrected chi connectivity index (χ2v) is 6.04. The summed E-state index contributed by atoms with van der Waals surface area (Å²) in [6.07, 6.45) is 0.821. The molecule has 7 nitrogen and oxygen atoms in total. The third-order valence-corrected chi connectivity index (χ3v) is 4.08. The lowest BCUT2D eigenvalue weighted by Crippen LogP contribution is -2.19. The monoisotopic (exact) mass is 375 g/mol. The molecule has 8 heteroatoms. The summed E-state index contributed by atoms with van der Waals surface area (Å²) in [5.41, 5.74) is 2.15. The summed E-state index contributed by atoms with van der Waals surface area (Å²) in [6, 6.07) is 9.56. The van der Waals surface area contributed by atoms with Gasteiger partial charge in [0.05, 0.1) is 17.6 Å². The number of hydrogen-bond donors (Lipinski definition) is 2. The normalized spacial score (nSPS) is 10.7. The Bertz CT molecular complexity index is 1010. The molecule has 0 radical (unpaired) electrons. The summed E-state index contributed by atoms with van der Waals surface area (Å²) in [7, 11) is 1.52. The molecule has 26 heavy (non-hydrogen) atoms. The molecule has 2 N–H and O–H groups in total. The van der Waals surface area contributed by atoms with Gasteiger partial charge in [-0.2, -0.15) is 0 Å². The summed E-state index contributed by atoms with van der Waals surface area (Å²) in [5.74, 6) is 0.117. The van der Waals surface area contributed by atoms with Crippen LogP contribution in [-0.4, -0.2) is 17.7 Å². The molecule has 3 aromatic rings. The molecule has 0 saturated carbocycles. The lowest BCUT2D eigenvalue weighted by atomic mass is 10.2. The molecule has 2 aromatic carbocycles. The van der Waals surface area contributed by atoms with Crippen molar-refractivity contribution in [1.29, 1.82) is 0 Å². The fourth-order valence-electron chi connectivity index (χ4n) is 2.62. The Hall–Kier alpha value is -2.93. The van der Waals surface area contributed by atoms with Crippen LogP contribution < -0.4 is 21.1 Å². The van der Waals surface area contributed by atoms with Crippen molar-refractivity contribution in [1.82, 2.24) is 4.57 Å². The first kappa shape index (κ1) is 17.9. The van der Waals surface area contributed by atoms with Crippen LogP contribution in [0.4, 0.5) is 16.2 Å². The first-order chi connectivity index (χ1) is 12.5. The van der Waals surface area contributed by atoms with Gasteiger partial charge in [-0.1, -0.05) is 18.5 Å². The molecule has 0 saturated heterocycles. The van der Waals surface area contributed by atoms with E-state index in [4.69, 9.17) is 20.8 Å². The number of nitrogens with zero attached hydrogens (tertiary/aromatic N) is 1. The molecule has 0 aliphatic carbocycles. The number of aromatic nitrogens is 1.